The van der Waals surface area contributed by atoms with E-state index in [1.165, 1.54) is 55.1 Å². The molecule has 0 bridgehead atoms. The predicted molar refractivity (Wildman–Crippen MR) is 135 cm³/mol. The van der Waals surface area contributed by atoms with Crippen LogP contribution in [0.5, 0.6) is 0 Å². The number of nitrogens with zero attached hydrogens (tertiary/aromatic N) is 4. The number of aromatic nitrogens is 2. The first-order valence-electron chi connectivity index (χ1n) is 12.6. The zero-order valence-corrected chi connectivity index (χ0v) is 21.8. The van der Waals surface area contributed by atoms with E-state index in [1.54, 1.807) is 0 Å². The van der Waals surface area contributed by atoms with Gasteiger partial charge in [-0.05, 0) is 98.7 Å². The van der Waals surface area contributed by atoms with Crippen molar-refractivity contribution in [2.75, 3.05) is 32.7 Å². The third-order valence-electron chi connectivity index (χ3n) is 7.43. The molecule has 7 heteroatoms. The summed E-state index contributed by atoms with van der Waals surface area (Å²) in [5.41, 5.74) is 2.24. The first-order chi connectivity index (χ1) is 15.8. The topological polar surface area (TPSA) is 50.6 Å². The lowest BCUT2D eigenvalue weighted by Gasteiger charge is -2.38. The van der Waals surface area contributed by atoms with E-state index in [0.717, 1.165) is 49.0 Å². The van der Waals surface area contributed by atoms with Gasteiger partial charge in [-0.2, -0.15) is 0 Å². The van der Waals surface area contributed by atoms with Gasteiger partial charge >= 0.3 is 6.09 Å². The Bertz CT molecular complexity index is 994. The molecule has 33 heavy (non-hydrogen) atoms. The van der Waals surface area contributed by atoms with Gasteiger partial charge in [0.1, 0.15) is 11.2 Å². The van der Waals surface area contributed by atoms with Crippen LogP contribution in [-0.4, -0.2) is 63.8 Å². The number of rotatable bonds is 4. The van der Waals surface area contributed by atoms with Gasteiger partial charge in [-0.15, -0.1) is 0 Å². The number of hydrogen-bond acceptors (Lipinski definition) is 4. The first kappa shape index (κ1) is 23.2. The summed E-state index contributed by atoms with van der Waals surface area (Å²) in [5, 5.41) is 1.34. The number of hydrogen-bond donors (Lipinski definition) is 0. The minimum atomic E-state index is -0.427. The smallest absolute Gasteiger partial charge is 0.410 e. The minimum absolute atomic E-state index is 0.173. The Kier molecular flexibility index (Phi) is 6.47. The minimum Gasteiger partial charge on any atom is -0.444 e. The van der Waals surface area contributed by atoms with Crippen molar-refractivity contribution in [3.05, 3.63) is 28.5 Å². The van der Waals surface area contributed by atoms with Crippen molar-refractivity contribution in [2.24, 2.45) is 5.92 Å². The molecule has 6 nitrogen and oxygen atoms in total. The molecule has 0 N–H and O–H groups in total. The molecule has 2 saturated carbocycles. The highest BCUT2D eigenvalue weighted by Crippen LogP contribution is 2.45. The highest BCUT2D eigenvalue weighted by atomic mass is 79.9. The monoisotopic (exact) mass is 516 g/mol. The number of ether oxygens (including phenoxy) is 1. The van der Waals surface area contributed by atoms with Gasteiger partial charge in [0, 0.05) is 61.0 Å². The fourth-order valence-electron chi connectivity index (χ4n) is 5.54. The van der Waals surface area contributed by atoms with E-state index in [0.29, 0.717) is 6.04 Å². The number of halogens is 1. The standard InChI is InChI=1S/C26H37BrN4O2/c1-26(2,3)33-25(32)30-12-10-29(11-13-30)16-18-4-8-21(9-5-18)31-17-23(19-6-7-19)22-14-20(27)15-28-24(22)31/h14-15,17-19,21H,4-13,16H2,1-3H3. The third kappa shape index (κ3) is 5.40. The van der Waals surface area contributed by atoms with Crippen LogP contribution < -0.4 is 0 Å². The van der Waals surface area contributed by atoms with E-state index in [2.05, 4.69) is 37.7 Å². The first-order valence-corrected chi connectivity index (χ1v) is 13.4. The van der Waals surface area contributed by atoms with Crippen LogP contribution in [0.15, 0.2) is 22.9 Å². The zero-order valence-electron chi connectivity index (χ0n) is 20.2. The number of piperazine rings is 1. The van der Waals surface area contributed by atoms with Crippen LogP contribution >= 0.6 is 15.9 Å². The second-order valence-corrected chi connectivity index (χ2v) is 12.1. The molecule has 2 aromatic heterocycles. The average Bonchev–Trinajstić information content (AvgIpc) is 3.54. The third-order valence-corrected chi connectivity index (χ3v) is 7.87. The molecule has 0 aromatic carbocycles. The van der Waals surface area contributed by atoms with Crippen LogP contribution in [0.25, 0.3) is 11.0 Å². The van der Waals surface area contributed by atoms with E-state index in [9.17, 15) is 4.79 Å². The van der Waals surface area contributed by atoms with Crippen LogP contribution in [0.4, 0.5) is 4.79 Å². The average molecular weight is 518 g/mol. The summed E-state index contributed by atoms with van der Waals surface area (Å²) in [5.74, 6) is 1.49. The van der Waals surface area contributed by atoms with Gasteiger partial charge in [0.25, 0.3) is 0 Å². The molecule has 0 atom stereocenters. The summed E-state index contributed by atoms with van der Waals surface area (Å²) in [4.78, 5) is 21.5. The number of carbonyl (C=O) groups is 1. The summed E-state index contributed by atoms with van der Waals surface area (Å²) >= 11 is 3.62. The summed E-state index contributed by atoms with van der Waals surface area (Å²) in [6.45, 7) is 10.4. The predicted octanol–water partition coefficient (Wildman–Crippen LogP) is 5.96. The number of pyridine rings is 1. The fourth-order valence-corrected chi connectivity index (χ4v) is 5.87. The molecule has 3 fully saturated rings. The Balaban J connectivity index is 1.14. The lowest BCUT2D eigenvalue weighted by atomic mass is 9.85. The summed E-state index contributed by atoms with van der Waals surface area (Å²) in [6, 6.07) is 2.82. The Morgan fingerprint density at radius 1 is 1.09 bits per heavy atom. The number of amides is 1. The molecular formula is C26H37BrN4O2. The summed E-state index contributed by atoms with van der Waals surface area (Å²) < 4.78 is 9.10. The van der Waals surface area contributed by atoms with Crippen molar-refractivity contribution in [1.82, 2.24) is 19.4 Å². The van der Waals surface area contributed by atoms with Crippen LogP contribution in [0.3, 0.4) is 0 Å². The molecule has 0 unspecified atom stereocenters. The van der Waals surface area contributed by atoms with E-state index >= 15 is 0 Å². The van der Waals surface area contributed by atoms with Gasteiger partial charge < -0.3 is 14.2 Å². The van der Waals surface area contributed by atoms with Crippen LogP contribution in [-0.2, 0) is 4.74 Å². The maximum atomic E-state index is 12.3. The molecule has 1 amide bonds. The van der Waals surface area contributed by atoms with Gasteiger partial charge in [-0.1, -0.05) is 0 Å². The lowest BCUT2D eigenvalue weighted by molar-refractivity contribution is 0.0126. The van der Waals surface area contributed by atoms with Gasteiger partial charge in [0.15, 0.2) is 0 Å². The molecule has 3 heterocycles. The van der Waals surface area contributed by atoms with Crippen LogP contribution in [0, 0.1) is 5.92 Å². The molecule has 1 saturated heterocycles. The summed E-state index contributed by atoms with van der Waals surface area (Å²) in [6.07, 6.45) is 11.8. The molecule has 180 valence electrons. The Labute approximate surface area is 205 Å². The normalized spacial score (nSPS) is 24.9. The largest absolute Gasteiger partial charge is 0.444 e. The van der Waals surface area contributed by atoms with E-state index in [4.69, 9.17) is 9.72 Å². The molecule has 3 aliphatic rings. The van der Waals surface area contributed by atoms with E-state index in [-0.39, 0.29) is 6.09 Å². The number of fused-ring (bicyclic) bond motifs is 1. The lowest BCUT2D eigenvalue weighted by Crippen LogP contribution is -2.51. The van der Waals surface area contributed by atoms with Gasteiger partial charge in [0.2, 0.25) is 0 Å². The maximum absolute atomic E-state index is 12.3. The Morgan fingerprint density at radius 2 is 1.79 bits per heavy atom. The molecule has 2 aliphatic carbocycles. The van der Waals surface area contributed by atoms with Crippen molar-refractivity contribution in [3.8, 4) is 0 Å². The number of carbonyl (C=O) groups excluding carboxylic acids is 1. The highest BCUT2D eigenvalue weighted by molar-refractivity contribution is 9.10. The van der Waals surface area contributed by atoms with Crippen molar-refractivity contribution >= 4 is 33.1 Å². The zero-order chi connectivity index (χ0) is 23.2. The van der Waals surface area contributed by atoms with Crippen molar-refractivity contribution in [1.29, 1.82) is 0 Å². The van der Waals surface area contributed by atoms with Gasteiger partial charge in [0.05, 0.1) is 0 Å². The maximum Gasteiger partial charge on any atom is 0.410 e. The fraction of sp³-hybridized carbons (Fsp3) is 0.692. The quantitative estimate of drug-likeness (QED) is 0.502. The van der Waals surface area contributed by atoms with E-state index in [1.807, 2.05) is 31.9 Å². The van der Waals surface area contributed by atoms with E-state index < -0.39 is 5.60 Å². The second kappa shape index (κ2) is 9.21. The van der Waals surface area contributed by atoms with Crippen LogP contribution in [0.1, 0.15) is 76.8 Å². The molecule has 1 aliphatic heterocycles. The van der Waals surface area contributed by atoms with Crippen molar-refractivity contribution < 1.29 is 9.53 Å². The van der Waals surface area contributed by atoms with Crippen molar-refractivity contribution in [2.45, 2.75) is 76.9 Å². The van der Waals surface area contributed by atoms with Gasteiger partial charge in [-0.25, -0.2) is 9.78 Å². The Morgan fingerprint density at radius 3 is 2.42 bits per heavy atom. The molecule has 0 radical (unpaired) electrons. The van der Waals surface area contributed by atoms with Crippen LogP contribution in [0.2, 0.25) is 0 Å². The molecular weight excluding hydrogens is 480 g/mol. The summed E-state index contributed by atoms with van der Waals surface area (Å²) in [7, 11) is 0. The van der Waals surface area contributed by atoms with Crippen molar-refractivity contribution in [3.63, 3.8) is 0 Å². The SMILES string of the molecule is CC(C)(C)OC(=O)N1CCN(CC2CCC(n3cc(C4CC4)c4cc(Br)cnc43)CC2)CC1. The molecule has 2 aromatic rings. The molecule has 5 rings (SSSR count). The second-order valence-electron chi connectivity index (χ2n) is 11.2. The molecule has 0 spiro atoms. The Hall–Kier alpha value is -1.60. The van der Waals surface area contributed by atoms with Gasteiger partial charge in [-0.3, -0.25) is 4.90 Å². The highest BCUT2D eigenvalue weighted by Gasteiger charge is 2.32.